The maximum Gasteiger partial charge on any atom is 0.133 e. The van der Waals surface area contributed by atoms with E-state index in [9.17, 15) is 4.39 Å². The van der Waals surface area contributed by atoms with Crippen LogP contribution in [0.2, 0.25) is 0 Å². The van der Waals surface area contributed by atoms with Crippen LogP contribution in [0.1, 0.15) is 30.1 Å². The zero-order valence-corrected chi connectivity index (χ0v) is 11.5. The van der Waals surface area contributed by atoms with Gasteiger partial charge in [-0.2, -0.15) is 5.26 Å². The summed E-state index contributed by atoms with van der Waals surface area (Å²) >= 11 is 3.35. The molecule has 0 N–H and O–H groups in total. The molecule has 1 saturated carbocycles. The Morgan fingerprint density at radius 1 is 1.21 bits per heavy atom. The van der Waals surface area contributed by atoms with Gasteiger partial charge in [0, 0.05) is 11.5 Å². The third-order valence-electron chi connectivity index (χ3n) is 2.98. The molecule has 1 aliphatic carbocycles. The van der Waals surface area contributed by atoms with Crippen molar-refractivity contribution in [2.24, 2.45) is 0 Å². The molecule has 0 spiro atoms. The molecule has 0 bridgehead atoms. The lowest BCUT2D eigenvalue weighted by Crippen LogP contribution is -1.96. The van der Waals surface area contributed by atoms with Crippen molar-refractivity contribution in [1.29, 1.82) is 5.26 Å². The van der Waals surface area contributed by atoms with Crippen LogP contribution in [-0.4, -0.2) is 9.97 Å². The summed E-state index contributed by atoms with van der Waals surface area (Å²) in [6, 6.07) is 7.91. The van der Waals surface area contributed by atoms with Crippen molar-refractivity contribution in [1.82, 2.24) is 9.97 Å². The van der Waals surface area contributed by atoms with Gasteiger partial charge in [0.25, 0.3) is 0 Å². The fraction of sp³-hybridized carbons (Fsp3) is 0.214. The Hall–Kier alpha value is -1.80. The van der Waals surface area contributed by atoms with Crippen LogP contribution in [0.4, 0.5) is 4.39 Å². The number of nitrogens with zero attached hydrogens (tertiary/aromatic N) is 3. The Kier molecular flexibility index (Phi) is 3.03. The number of rotatable bonds is 2. The standard InChI is InChI=1S/C14H9BrFN3/c15-13-6-12(18-14(19-13)9-1-2-9)10-3-8(7-17)4-11(16)5-10/h3-6,9H,1-2H2. The summed E-state index contributed by atoms with van der Waals surface area (Å²) in [5, 5.41) is 8.88. The largest absolute Gasteiger partial charge is 0.233 e. The summed E-state index contributed by atoms with van der Waals surface area (Å²) in [4.78, 5) is 8.80. The quantitative estimate of drug-likeness (QED) is 0.792. The van der Waals surface area contributed by atoms with Crippen LogP contribution >= 0.6 is 15.9 Å². The van der Waals surface area contributed by atoms with E-state index in [0.717, 1.165) is 18.7 Å². The van der Waals surface area contributed by atoms with Crippen molar-refractivity contribution in [2.75, 3.05) is 0 Å². The first-order valence-corrected chi connectivity index (χ1v) is 6.70. The van der Waals surface area contributed by atoms with E-state index in [1.807, 2.05) is 6.07 Å². The first kappa shape index (κ1) is 12.2. The van der Waals surface area contributed by atoms with E-state index >= 15 is 0 Å². The van der Waals surface area contributed by atoms with Gasteiger partial charge in [-0.15, -0.1) is 0 Å². The van der Waals surface area contributed by atoms with Crippen LogP contribution in [0.3, 0.4) is 0 Å². The molecular formula is C14H9BrFN3. The van der Waals surface area contributed by atoms with Crippen LogP contribution < -0.4 is 0 Å². The number of hydrogen-bond donors (Lipinski definition) is 0. The third-order valence-corrected chi connectivity index (χ3v) is 3.38. The highest BCUT2D eigenvalue weighted by molar-refractivity contribution is 9.10. The average Bonchev–Trinajstić information content (AvgIpc) is 3.21. The average molecular weight is 318 g/mol. The molecule has 1 heterocycles. The molecule has 3 nitrogen and oxygen atoms in total. The molecule has 3 rings (SSSR count). The smallest absolute Gasteiger partial charge is 0.133 e. The van der Waals surface area contributed by atoms with Crippen LogP contribution in [0.25, 0.3) is 11.3 Å². The predicted molar refractivity (Wildman–Crippen MR) is 71.8 cm³/mol. The molecule has 2 aromatic rings. The van der Waals surface area contributed by atoms with Crippen molar-refractivity contribution in [2.45, 2.75) is 18.8 Å². The molecule has 0 atom stereocenters. The number of halogens is 2. The van der Waals surface area contributed by atoms with Gasteiger partial charge in [0.2, 0.25) is 0 Å². The second-order valence-electron chi connectivity index (χ2n) is 4.55. The zero-order valence-electron chi connectivity index (χ0n) is 9.90. The Labute approximate surface area is 118 Å². The van der Waals surface area contributed by atoms with E-state index in [0.29, 0.717) is 21.8 Å². The van der Waals surface area contributed by atoms with E-state index < -0.39 is 5.82 Å². The lowest BCUT2D eigenvalue weighted by molar-refractivity contribution is 0.627. The Morgan fingerprint density at radius 3 is 2.68 bits per heavy atom. The number of nitriles is 1. The van der Waals surface area contributed by atoms with Gasteiger partial charge in [0.05, 0.1) is 17.3 Å². The Balaban J connectivity index is 2.11. The van der Waals surface area contributed by atoms with E-state index in [1.54, 1.807) is 12.1 Å². The number of hydrogen-bond acceptors (Lipinski definition) is 3. The van der Waals surface area contributed by atoms with Crippen molar-refractivity contribution in [3.05, 3.63) is 46.1 Å². The SMILES string of the molecule is N#Cc1cc(F)cc(-c2cc(Br)nc(C3CC3)n2)c1. The highest BCUT2D eigenvalue weighted by Crippen LogP contribution is 2.39. The maximum atomic E-state index is 13.5. The second-order valence-corrected chi connectivity index (χ2v) is 5.36. The predicted octanol–water partition coefficient (Wildman–Crippen LogP) is 3.79. The second kappa shape index (κ2) is 4.71. The summed E-state index contributed by atoms with van der Waals surface area (Å²) in [7, 11) is 0. The molecular weight excluding hydrogens is 309 g/mol. The lowest BCUT2D eigenvalue weighted by atomic mass is 10.1. The molecule has 0 amide bonds. The molecule has 5 heteroatoms. The van der Waals surface area contributed by atoms with Crippen LogP contribution in [-0.2, 0) is 0 Å². The summed E-state index contributed by atoms with van der Waals surface area (Å²) in [5.74, 6) is 0.768. The third kappa shape index (κ3) is 2.64. The van der Waals surface area contributed by atoms with Gasteiger partial charge >= 0.3 is 0 Å². The lowest BCUT2D eigenvalue weighted by Gasteiger charge is -2.05. The van der Waals surface area contributed by atoms with Crippen LogP contribution in [0, 0.1) is 17.1 Å². The molecule has 94 valence electrons. The summed E-state index contributed by atoms with van der Waals surface area (Å²) in [6.07, 6.45) is 2.20. The summed E-state index contributed by atoms with van der Waals surface area (Å²) in [6.45, 7) is 0. The van der Waals surface area contributed by atoms with Gasteiger partial charge in [-0.25, -0.2) is 14.4 Å². The van der Waals surface area contributed by atoms with Crippen molar-refractivity contribution in [3.8, 4) is 17.3 Å². The molecule has 0 saturated heterocycles. The highest BCUT2D eigenvalue weighted by atomic mass is 79.9. The minimum atomic E-state index is -0.434. The van der Waals surface area contributed by atoms with Gasteiger partial charge < -0.3 is 0 Å². The van der Waals surface area contributed by atoms with Crippen molar-refractivity contribution >= 4 is 15.9 Å². The van der Waals surface area contributed by atoms with Crippen molar-refractivity contribution < 1.29 is 4.39 Å². The van der Waals surface area contributed by atoms with Crippen LogP contribution in [0.5, 0.6) is 0 Å². The molecule has 1 aromatic heterocycles. The van der Waals surface area contributed by atoms with Gasteiger partial charge in [-0.3, -0.25) is 0 Å². The summed E-state index contributed by atoms with van der Waals surface area (Å²) in [5.41, 5.74) is 1.53. The van der Waals surface area contributed by atoms with Crippen LogP contribution in [0.15, 0.2) is 28.9 Å². The molecule has 1 aromatic carbocycles. The topological polar surface area (TPSA) is 49.6 Å². The number of aromatic nitrogens is 2. The molecule has 0 unspecified atom stereocenters. The van der Waals surface area contributed by atoms with Crippen molar-refractivity contribution in [3.63, 3.8) is 0 Å². The molecule has 1 fully saturated rings. The van der Waals surface area contributed by atoms with Gasteiger partial charge in [0.15, 0.2) is 0 Å². The Morgan fingerprint density at radius 2 is 2.00 bits per heavy atom. The van der Waals surface area contributed by atoms with Gasteiger partial charge in [0.1, 0.15) is 16.2 Å². The van der Waals surface area contributed by atoms with Gasteiger partial charge in [-0.05, 0) is 53.0 Å². The molecule has 19 heavy (non-hydrogen) atoms. The monoisotopic (exact) mass is 317 g/mol. The zero-order chi connectivity index (χ0) is 13.4. The highest BCUT2D eigenvalue weighted by Gasteiger charge is 2.27. The van der Waals surface area contributed by atoms with E-state index in [4.69, 9.17) is 5.26 Å². The number of benzene rings is 1. The Bertz CT molecular complexity index is 690. The normalized spacial score (nSPS) is 14.2. The van der Waals surface area contributed by atoms with E-state index in [-0.39, 0.29) is 5.56 Å². The summed E-state index contributed by atoms with van der Waals surface area (Å²) < 4.78 is 14.1. The first-order chi connectivity index (χ1) is 9.15. The fourth-order valence-electron chi connectivity index (χ4n) is 1.91. The molecule has 0 radical (unpaired) electrons. The fourth-order valence-corrected chi connectivity index (χ4v) is 2.31. The molecule has 0 aliphatic heterocycles. The first-order valence-electron chi connectivity index (χ1n) is 5.91. The molecule has 1 aliphatic rings. The van der Waals surface area contributed by atoms with E-state index in [1.165, 1.54) is 12.1 Å². The maximum absolute atomic E-state index is 13.5. The van der Waals surface area contributed by atoms with E-state index in [2.05, 4.69) is 25.9 Å². The minimum absolute atomic E-state index is 0.290. The minimum Gasteiger partial charge on any atom is -0.233 e. The van der Waals surface area contributed by atoms with Gasteiger partial charge in [-0.1, -0.05) is 0 Å².